The Balaban J connectivity index is 2.19. The second-order valence-electron chi connectivity index (χ2n) is 4.84. The predicted molar refractivity (Wildman–Crippen MR) is 79.6 cm³/mol. The molecule has 0 radical (unpaired) electrons. The number of nitrogens with zero attached hydrogens (tertiary/aromatic N) is 3. The molecule has 0 fully saturated rings. The van der Waals surface area contributed by atoms with Gasteiger partial charge in [-0.25, -0.2) is 4.98 Å². The lowest BCUT2D eigenvalue weighted by molar-refractivity contribution is 0.0627. The Morgan fingerprint density at radius 1 is 1.29 bits per heavy atom. The standard InChI is InChI=1S/C15H21N3O3/c1-12-11-18-5-4-13(10-14(18)16-12)15(19)17(6-8-20-2)7-9-21-3/h4-5,10-11H,6-9H2,1-3H3. The Morgan fingerprint density at radius 3 is 2.57 bits per heavy atom. The second kappa shape index (κ2) is 7.19. The van der Waals surface area contributed by atoms with Crippen LogP contribution in [0.2, 0.25) is 0 Å². The van der Waals surface area contributed by atoms with Crippen LogP contribution in [0, 0.1) is 6.92 Å². The summed E-state index contributed by atoms with van der Waals surface area (Å²) in [6, 6.07) is 3.62. The smallest absolute Gasteiger partial charge is 0.254 e. The van der Waals surface area contributed by atoms with Gasteiger partial charge in [0, 0.05) is 45.3 Å². The van der Waals surface area contributed by atoms with Gasteiger partial charge in [0.2, 0.25) is 0 Å². The van der Waals surface area contributed by atoms with Gasteiger partial charge in [-0.2, -0.15) is 0 Å². The molecule has 21 heavy (non-hydrogen) atoms. The Labute approximate surface area is 124 Å². The maximum Gasteiger partial charge on any atom is 0.254 e. The van der Waals surface area contributed by atoms with Gasteiger partial charge in [-0.05, 0) is 19.1 Å². The van der Waals surface area contributed by atoms with Crippen LogP contribution in [0.4, 0.5) is 0 Å². The summed E-state index contributed by atoms with van der Waals surface area (Å²) in [4.78, 5) is 18.7. The summed E-state index contributed by atoms with van der Waals surface area (Å²) >= 11 is 0. The molecular weight excluding hydrogens is 270 g/mol. The lowest BCUT2D eigenvalue weighted by atomic mass is 10.2. The third-order valence-corrected chi connectivity index (χ3v) is 3.25. The van der Waals surface area contributed by atoms with E-state index in [9.17, 15) is 4.79 Å². The molecule has 114 valence electrons. The van der Waals surface area contributed by atoms with Gasteiger partial charge < -0.3 is 18.8 Å². The molecule has 0 unspecified atom stereocenters. The van der Waals surface area contributed by atoms with Crippen molar-refractivity contribution >= 4 is 11.6 Å². The van der Waals surface area contributed by atoms with Crippen molar-refractivity contribution in [3.05, 3.63) is 35.8 Å². The molecule has 0 saturated carbocycles. The molecule has 2 aromatic heterocycles. The molecule has 0 bridgehead atoms. The number of aryl methyl sites for hydroxylation is 1. The van der Waals surface area contributed by atoms with Crippen molar-refractivity contribution in [3.63, 3.8) is 0 Å². The number of pyridine rings is 1. The lowest BCUT2D eigenvalue weighted by Crippen LogP contribution is -2.36. The molecule has 6 heteroatoms. The minimum absolute atomic E-state index is 0.0350. The van der Waals surface area contributed by atoms with E-state index < -0.39 is 0 Å². The summed E-state index contributed by atoms with van der Waals surface area (Å²) in [6.07, 6.45) is 3.78. The van der Waals surface area contributed by atoms with E-state index in [0.29, 0.717) is 31.9 Å². The maximum absolute atomic E-state index is 12.6. The summed E-state index contributed by atoms with van der Waals surface area (Å²) in [5.41, 5.74) is 2.33. The Kier molecular flexibility index (Phi) is 5.30. The third-order valence-electron chi connectivity index (χ3n) is 3.25. The quantitative estimate of drug-likeness (QED) is 0.773. The topological polar surface area (TPSA) is 56.1 Å². The van der Waals surface area contributed by atoms with Crippen LogP contribution in [0.5, 0.6) is 0 Å². The highest BCUT2D eigenvalue weighted by molar-refractivity contribution is 5.95. The molecule has 2 rings (SSSR count). The van der Waals surface area contributed by atoms with E-state index in [1.165, 1.54) is 0 Å². The summed E-state index contributed by atoms with van der Waals surface area (Å²) in [6.45, 7) is 4.01. The Hall–Kier alpha value is -1.92. The Bertz CT molecular complexity index is 601. The van der Waals surface area contributed by atoms with Crippen molar-refractivity contribution in [3.8, 4) is 0 Å². The van der Waals surface area contributed by atoms with Crippen molar-refractivity contribution in [2.24, 2.45) is 0 Å². The molecule has 0 saturated heterocycles. The van der Waals surface area contributed by atoms with Crippen molar-refractivity contribution < 1.29 is 14.3 Å². The molecule has 0 aliphatic rings. The van der Waals surface area contributed by atoms with Gasteiger partial charge in [-0.3, -0.25) is 4.79 Å². The Morgan fingerprint density at radius 2 is 1.95 bits per heavy atom. The average Bonchev–Trinajstić information content (AvgIpc) is 2.85. The first-order chi connectivity index (χ1) is 10.2. The van der Waals surface area contributed by atoms with Crippen LogP contribution in [0.3, 0.4) is 0 Å². The monoisotopic (exact) mass is 291 g/mol. The fourth-order valence-electron chi connectivity index (χ4n) is 2.14. The zero-order valence-electron chi connectivity index (χ0n) is 12.7. The number of carbonyl (C=O) groups is 1. The minimum atomic E-state index is -0.0350. The summed E-state index contributed by atoms with van der Waals surface area (Å²) in [7, 11) is 3.25. The number of carbonyl (C=O) groups excluding carboxylic acids is 1. The number of fused-ring (bicyclic) bond motifs is 1. The largest absolute Gasteiger partial charge is 0.383 e. The molecule has 0 aliphatic carbocycles. The number of methoxy groups -OCH3 is 2. The van der Waals surface area contributed by atoms with E-state index in [1.54, 1.807) is 19.1 Å². The molecule has 0 aliphatic heterocycles. The van der Waals surface area contributed by atoms with Gasteiger partial charge in [-0.15, -0.1) is 0 Å². The van der Waals surface area contributed by atoms with Crippen LogP contribution in [-0.4, -0.2) is 60.7 Å². The molecule has 0 atom stereocenters. The van der Waals surface area contributed by atoms with Crippen molar-refractivity contribution in [1.29, 1.82) is 0 Å². The lowest BCUT2D eigenvalue weighted by Gasteiger charge is -2.22. The van der Waals surface area contributed by atoms with E-state index in [2.05, 4.69) is 4.98 Å². The van der Waals surface area contributed by atoms with Crippen LogP contribution >= 0.6 is 0 Å². The van der Waals surface area contributed by atoms with E-state index in [0.717, 1.165) is 11.3 Å². The van der Waals surface area contributed by atoms with Crippen LogP contribution in [0.25, 0.3) is 5.65 Å². The number of aromatic nitrogens is 2. The fraction of sp³-hybridized carbons (Fsp3) is 0.467. The number of hydrogen-bond acceptors (Lipinski definition) is 4. The normalized spacial score (nSPS) is 11.0. The van der Waals surface area contributed by atoms with Gasteiger partial charge >= 0.3 is 0 Å². The zero-order chi connectivity index (χ0) is 15.2. The molecule has 2 aromatic rings. The highest BCUT2D eigenvalue weighted by atomic mass is 16.5. The van der Waals surface area contributed by atoms with Crippen molar-refractivity contribution in [1.82, 2.24) is 14.3 Å². The van der Waals surface area contributed by atoms with Gasteiger partial charge in [-0.1, -0.05) is 0 Å². The first kappa shape index (κ1) is 15.5. The number of hydrogen-bond donors (Lipinski definition) is 0. The van der Waals surface area contributed by atoms with E-state index in [4.69, 9.17) is 9.47 Å². The van der Waals surface area contributed by atoms with E-state index in [1.807, 2.05) is 35.9 Å². The number of amides is 1. The van der Waals surface area contributed by atoms with Crippen LogP contribution < -0.4 is 0 Å². The number of rotatable bonds is 7. The van der Waals surface area contributed by atoms with Gasteiger partial charge in [0.1, 0.15) is 5.65 Å². The van der Waals surface area contributed by atoms with Crippen molar-refractivity contribution in [2.45, 2.75) is 6.92 Å². The van der Waals surface area contributed by atoms with Gasteiger partial charge in [0.25, 0.3) is 5.91 Å². The first-order valence-electron chi connectivity index (χ1n) is 6.88. The molecule has 0 spiro atoms. The first-order valence-corrected chi connectivity index (χ1v) is 6.88. The maximum atomic E-state index is 12.6. The van der Waals surface area contributed by atoms with E-state index in [-0.39, 0.29) is 5.91 Å². The molecular formula is C15H21N3O3. The zero-order valence-corrected chi connectivity index (χ0v) is 12.7. The van der Waals surface area contributed by atoms with E-state index >= 15 is 0 Å². The predicted octanol–water partition coefficient (Wildman–Crippen LogP) is 1.38. The summed E-state index contributed by atoms with van der Waals surface area (Å²) in [5, 5.41) is 0. The number of imidazole rings is 1. The highest BCUT2D eigenvalue weighted by Gasteiger charge is 2.16. The minimum Gasteiger partial charge on any atom is -0.383 e. The van der Waals surface area contributed by atoms with Crippen LogP contribution in [0.15, 0.2) is 24.5 Å². The van der Waals surface area contributed by atoms with Crippen LogP contribution in [0.1, 0.15) is 16.1 Å². The van der Waals surface area contributed by atoms with Gasteiger partial charge in [0.15, 0.2) is 0 Å². The molecule has 1 amide bonds. The second-order valence-corrected chi connectivity index (χ2v) is 4.84. The molecule has 2 heterocycles. The third kappa shape index (κ3) is 3.80. The van der Waals surface area contributed by atoms with Crippen LogP contribution in [-0.2, 0) is 9.47 Å². The fourth-order valence-corrected chi connectivity index (χ4v) is 2.14. The van der Waals surface area contributed by atoms with Crippen molar-refractivity contribution in [2.75, 3.05) is 40.5 Å². The summed E-state index contributed by atoms with van der Waals surface area (Å²) in [5.74, 6) is -0.0350. The average molecular weight is 291 g/mol. The SMILES string of the molecule is COCCN(CCOC)C(=O)c1ccn2cc(C)nc2c1. The number of ether oxygens (including phenoxy) is 2. The molecule has 6 nitrogen and oxygen atoms in total. The highest BCUT2D eigenvalue weighted by Crippen LogP contribution is 2.10. The molecule has 0 aromatic carbocycles. The van der Waals surface area contributed by atoms with Gasteiger partial charge in [0.05, 0.1) is 18.9 Å². The summed E-state index contributed by atoms with van der Waals surface area (Å²) < 4.78 is 12.0. The molecule has 0 N–H and O–H groups in total.